The molecule has 2 aliphatic rings. The van der Waals surface area contributed by atoms with Crippen LogP contribution in [0.3, 0.4) is 0 Å². The zero-order valence-corrected chi connectivity index (χ0v) is 17.2. The van der Waals surface area contributed by atoms with Gasteiger partial charge in [0.15, 0.2) is 0 Å². The number of benzene rings is 2. The molecule has 4 rings (SSSR count). The summed E-state index contributed by atoms with van der Waals surface area (Å²) in [7, 11) is -2.17. The molecule has 0 spiro atoms. The Bertz CT molecular complexity index is 734. The Morgan fingerprint density at radius 2 is 1.72 bits per heavy atom. The lowest BCUT2D eigenvalue weighted by molar-refractivity contribution is 0.467. The zero-order valence-electron chi connectivity index (χ0n) is 15.4. The number of rotatable bonds is 4. The highest BCUT2D eigenvalue weighted by Crippen LogP contribution is 2.56. The Hall–Kier alpha value is -1.35. The Labute approximate surface area is 153 Å². The van der Waals surface area contributed by atoms with Crippen molar-refractivity contribution in [2.24, 2.45) is 0 Å². The first-order valence-corrected chi connectivity index (χ1v) is 13.9. The van der Waals surface area contributed by atoms with Crippen LogP contribution in [0.25, 0.3) is 0 Å². The Morgan fingerprint density at radius 3 is 2.48 bits per heavy atom. The quantitative estimate of drug-likeness (QED) is 0.567. The molecule has 2 aliphatic heterocycles. The molecular weight excluding hydrogens is 343 g/mol. The molecule has 2 atom stereocenters. The molecule has 132 valence electrons. The average molecular weight is 371 g/mol. The third kappa shape index (κ3) is 3.48. The molecule has 0 saturated carbocycles. The van der Waals surface area contributed by atoms with Crippen LogP contribution in [0.4, 0.5) is 5.69 Å². The topological polar surface area (TPSA) is 15.7 Å². The second-order valence-corrected chi connectivity index (χ2v) is 14.3. The highest BCUT2D eigenvalue weighted by atomic mass is 31.1. The van der Waals surface area contributed by atoms with Gasteiger partial charge in [0.2, 0.25) is 8.32 Å². The Balaban J connectivity index is 1.76. The molecule has 0 amide bonds. The fourth-order valence-corrected chi connectivity index (χ4v) is 7.59. The third-order valence-electron chi connectivity index (χ3n) is 4.75. The highest BCUT2D eigenvalue weighted by Gasteiger charge is 2.44. The standard InChI is InChI=1S/C20H27N2OPSi/c1-25(2,3)23-19-13-7-8-14-20(19)24-21-15-9-12-18(21)16-22(24)17-10-5-4-6-11-17/h4-8,10-11,13-14,18H,9,12,15-16H2,1-3H3/t18-,24?/m0/s1. The SMILES string of the molecule is C[Si](C)(C)Oc1ccccc1P1N(c2ccccc2)C[C@@H]2CCCN21. The Kier molecular flexibility index (Phi) is 4.61. The molecule has 0 N–H and O–H groups in total. The smallest absolute Gasteiger partial charge is 0.242 e. The number of hydrogen-bond donors (Lipinski definition) is 0. The second-order valence-electron chi connectivity index (χ2n) is 7.85. The summed E-state index contributed by atoms with van der Waals surface area (Å²) in [5.41, 5.74) is 1.34. The maximum atomic E-state index is 6.48. The normalized spacial score (nSPS) is 23.7. The third-order valence-corrected chi connectivity index (χ3v) is 8.25. The molecule has 3 nitrogen and oxygen atoms in total. The van der Waals surface area contributed by atoms with Crippen molar-refractivity contribution in [2.45, 2.75) is 38.5 Å². The van der Waals surface area contributed by atoms with Crippen LogP contribution in [0, 0.1) is 0 Å². The minimum Gasteiger partial charge on any atom is -0.544 e. The molecule has 2 heterocycles. The summed E-state index contributed by atoms with van der Waals surface area (Å²) < 4.78 is 11.9. The minimum atomic E-state index is -1.64. The number of anilines is 1. The van der Waals surface area contributed by atoms with Crippen molar-refractivity contribution in [1.29, 1.82) is 0 Å². The van der Waals surface area contributed by atoms with Gasteiger partial charge in [0.25, 0.3) is 0 Å². The van der Waals surface area contributed by atoms with E-state index < -0.39 is 16.5 Å². The molecule has 0 bridgehead atoms. The minimum absolute atomic E-state index is 0.530. The van der Waals surface area contributed by atoms with E-state index in [1.54, 1.807) is 0 Å². The van der Waals surface area contributed by atoms with Gasteiger partial charge in [0.1, 0.15) is 14.0 Å². The second kappa shape index (κ2) is 6.75. The first-order valence-electron chi connectivity index (χ1n) is 9.20. The lowest BCUT2D eigenvalue weighted by Crippen LogP contribution is -2.33. The first-order chi connectivity index (χ1) is 12.0. The van der Waals surface area contributed by atoms with Gasteiger partial charge in [-0.3, -0.25) is 4.67 Å². The van der Waals surface area contributed by atoms with Gasteiger partial charge in [-0.1, -0.05) is 30.3 Å². The van der Waals surface area contributed by atoms with Crippen molar-refractivity contribution in [1.82, 2.24) is 4.67 Å². The van der Waals surface area contributed by atoms with Gasteiger partial charge in [-0.2, -0.15) is 0 Å². The molecule has 25 heavy (non-hydrogen) atoms. The summed E-state index contributed by atoms with van der Waals surface area (Å²) in [4.78, 5) is 0. The fourth-order valence-electron chi connectivity index (χ4n) is 3.79. The summed E-state index contributed by atoms with van der Waals surface area (Å²) in [6, 6.07) is 20.3. The predicted molar refractivity (Wildman–Crippen MR) is 110 cm³/mol. The molecule has 2 saturated heterocycles. The molecular formula is C20H27N2OPSi. The van der Waals surface area contributed by atoms with E-state index in [4.69, 9.17) is 4.43 Å². The van der Waals surface area contributed by atoms with Crippen molar-refractivity contribution in [2.75, 3.05) is 17.8 Å². The van der Waals surface area contributed by atoms with E-state index in [9.17, 15) is 0 Å². The number of nitrogens with zero attached hydrogens (tertiary/aromatic N) is 2. The van der Waals surface area contributed by atoms with E-state index in [1.807, 2.05) is 0 Å². The molecule has 2 fully saturated rings. The van der Waals surface area contributed by atoms with E-state index in [1.165, 1.54) is 30.4 Å². The van der Waals surface area contributed by atoms with Crippen LogP contribution in [-0.2, 0) is 0 Å². The highest BCUT2D eigenvalue weighted by molar-refractivity contribution is 7.65. The summed E-state index contributed by atoms with van der Waals surface area (Å²) in [5.74, 6) is 1.10. The van der Waals surface area contributed by atoms with E-state index in [0.29, 0.717) is 6.04 Å². The summed E-state index contributed by atoms with van der Waals surface area (Å²) >= 11 is 0. The zero-order chi connectivity index (χ0) is 17.4. The van der Waals surface area contributed by atoms with Gasteiger partial charge in [0, 0.05) is 24.8 Å². The van der Waals surface area contributed by atoms with Crippen LogP contribution in [0.5, 0.6) is 5.75 Å². The van der Waals surface area contributed by atoms with Crippen molar-refractivity contribution in [3.05, 3.63) is 54.6 Å². The molecule has 5 heteroatoms. The van der Waals surface area contributed by atoms with Crippen LogP contribution >= 0.6 is 8.22 Å². The lowest BCUT2D eigenvalue weighted by atomic mass is 10.2. The van der Waals surface area contributed by atoms with Crippen molar-refractivity contribution in [3.8, 4) is 5.75 Å². The maximum Gasteiger partial charge on any atom is 0.242 e. The maximum absolute atomic E-state index is 6.48. The molecule has 0 aromatic heterocycles. The van der Waals surface area contributed by atoms with Gasteiger partial charge in [-0.15, -0.1) is 0 Å². The van der Waals surface area contributed by atoms with Crippen molar-refractivity contribution in [3.63, 3.8) is 0 Å². The van der Waals surface area contributed by atoms with Crippen LogP contribution in [0.1, 0.15) is 12.8 Å². The predicted octanol–water partition coefficient (Wildman–Crippen LogP) is 4.82. The van der Waals surface area contributed by atoms with E-state index >= 15 is 0 Å². The largest absolute Gasteiger partial charge is 0.544 e. The van der Waals surface area contributed by atoms with Crippen LogP contribution < -0.4 is 14.4 Å². The van der Waals surface area contributed by atoms with Gasteiger partial charge in [-0.05, 0) is 56.7 Å². The molecule has 2 aromatic rings. The molecule has 0 radical (unpaired) electrons. The molecule has 0 aliphatic carbocycles. The van der Waals surface area contributed by atoms with Crippen LogP contribution in [-0.4, -0.2) is 32.1 Å². The number of hydrogen-bond acceptors (Lipinski definition) is 3. The van der Waals surface area contributed by atoms with Gasteiger partial charge in [0.05, 0.1) is 5.30 Å². The van der Waals surface area contributed by atoms with E-state index in [0.717, 1.165) is 12.3 Å². The van der Waals surface area contributed by atoms with Crippen LogP contribution in [0.15, 0.2) is 54.6 Å². The van der Waals surface area contributed by atoms with E-state index in [2.05, 4.69) is 83.6 Å². The van der Waals surface area contributed by atoms with Crippen molar-refractivity contribution >= 4 is 27.5 Å². The first kappa shape index (κ1) is 17.1. The average Bonchev–Trinajstić information content (AvgIpc) is 3.16. The summed E-state index contributed by atoms with van der Waals surface area (Å²) in [5, 5.41) is 1.38. The molecule has 1 unspecified atom stereocenters. The van der Waals surface area contributed by atoms with Gasteiger partial charge >= 0.3 is 0 Å². The fraction of sp³-hybridized carbons (Fsp3) is 0.400. The lowest BCUT2D eigenvalue weighted by Gasteiger charge is -2.33. The van der Waals surface area contributed by atoms with Gasteiger partial charge < -0.3 is 9.10 Å². The van der Waals surface area contributed by atoms with Crippen LogP contribution in [0.2, 0.25) is 19.6 Å². The van der Waals surface area contributed by atoms with Crippen molar-refractivity contribution < 1.29 is 4.43 Å². The Morgan fingerprint density at radius 1 is 1.00 bits per heavy atom. The summed E-state index contributed by atoms with van der Waals surface area (Å²) in [6.07, 6.45) is 2.64. The summed E-state index contributed by atoms with van der Waals surface area (Å²) in [6.45, 7) is 9.13. The monoisotopic (exact) mass is 370 g/mol. The van der Waals surface area contributed by atoms with Gasteiger partial charge in [-0.25, -0.2) is 0 Å². The number of fused-ring (bicyclic) bond motifs is 1. The van der Waals surface area contributed by atoms with E-state index in [-0.39, 0.29) is 0 Å². The number of para-hydroxylation sites is 2. The molecule has 2 aromatic carbocycles.